The van der Waals surface area contributed by atoms with Crippen LogP contribution in [0.15, 0.2) is 10.2 Å². The second kappa shape index (κ2) is 6.77. The summed E-state index contributed by atoms with van der Waals surface area (Å²) in [4.78, 5) is 0. The van der Waals surface area contributed by atoms with Crippen molar-refractivity contribution in [2.45, 2.75) is 59.3 Å². The second-order valence-corrected chi connectivity index (χ2v) is 6.12. The number of methoxy groups -OCH3 is 1. The number of hydrogen-bond donors (Lipinski definition) is 0. The van der Waals surface area contributed by atoms with Gasteiger partial charge in [-0.2, -0.15) is 5.10 Å². The first-order valence-corrected chi connectivity index (χ1v) is 6.64. The van der Waals surface area contributed by atoms with Crippen LogP contribution in [0.4, 0.5) is 0 Å². The van der Waals surface area contributed by atoms with E-state index in [1.165, 1.54) is 44.2 Å². The summed E-state index contributed by atoms with van der Waals surface area (Å²) in [5.74, 6) is 0.636. The molecule has 0 aliphatic heterocycles. The predicted molar refractivity (Wildman–Crippen MR) is 73.6 cm³/mol. The largest absolute Gasteiger partial charge is 0.485 e. The van der Waals surface area contributed by atoms with Crippen LogP contribution in [0.5, 0.6) is 0 Å². The van der Waals surface area contributed by atoms with Gasteiger partial charge in [0.2, 0.25) is 0 Å². The second-order valence-electron chi connectivity index (χ2n) is 6.12. The molecular formula is C14H26N2O. The van der Waals surface area contributed by atoms with Crippen LogP contribution in [0, 0.1) is 11.3 Å². The van der Waals surface area contributed by atoms with E-state index in [4.69, 9.17) is 4.74 Å². The van der Waals surface area contributed by atoms with Gasteiger partial charge in [0, 0.05) is 5.71 Å². The lowest BCUT2D eigenvalue weighted by molar-refractivity contribution is 0.393. The van der Waals surface area contributed by atoms with Crippen LogP contribution in [0.2, 0.25) is 0 Å². The molecule has 1 aliphatic rings. The van der Waals surface area contributed by atoms with Crippen molar-refractivity contribution in [2.75, 3.05) is 7.11 Å². The molecule has 0 aromatic heterocycles. The minimum Gasteiger partial charge on any atom is -0.485 e. The molecule has 3 nitrogen and oxygen atoms in total. The van der Waals surface area contributed by atoms with E-state index in [-0.39, 0.29) is 5.41 Å². The topological polar surface area (TPSA) is 34.0 Å². The van der Waals surface area contributed by atoms with Gasteiger partial charge in [0.15, 0.2) is 6.40 Å². The first-order valence-electron chi connectivity index (χ1n) is 6.64. The van der Waals surface area contributed by atoms with Gasteiger partial charge < -0.3 is 4.74 Å². The lowest BCUT2D eigenvalue weighted by atomic mass is 9.79. The zero-order chi connectivity index (χ0) is 12.7. The lowest BCUT2D eigenvalue weighted by Gasteiger charge is -2.27. The summed E-state index contributed by atoms with van der Waals surface area (Å²) < 4.78 is 4.81. The lowest BCUT2D eigenvalue weighted by Crippen LogP contribution is -2.23. The fourth-order valence-corrected chi connectivity index (χ4v) is 2.39. The van der Waals surface area contributed by atoms with Crippen molar-refractivity contribution in [1.29, 1.82) is 0 Å². The van der Waals surface area contributed by atoms with Crippen LogP contribution in [-0.4, -0.2) is 19.2 Å². The molecule has 98 valence electrons. The molecular weight excluding hydrogens is 212 g/mol. The Morgan fingerprint density at radius 2 is 1.88 bits per heavy atom. The zero-order valence-corrected chi connectivity index (χ0v) is 11.7. The Balaban J connectivity index is 2.70. The highest BCUT2D eigenvalue weighted by molar-refractivity contribution is 5.87. The third kappa shape index (κ3) is 5.85. The van der Waals surface area contributed by atoms with E-state index in [2.05, 4.69) is 31.0 Å². The van der Waals surface area contributed by atoms with Gasteiger partial charge in [-0.3, -0.25) is 0 Å². The standard InChI is InChI=1S/C14H26N2O/c1-14(2,3)10-13(16-15-11-17-4)12-8-6-5-7-9-12/h11-12H,5-10H2,1-4H3/b15-11-,16-13+. The van der Waals surface area contributed by atoms with E-state index in [0.29, 0.717) is 5.92 Å². The number of ether oxygens (including phenoxy) is 1. The smallest absolute Gasteiger partial charge is 0.194 e. The summed E-state index contributed by atoms with van der Waals surface area (Å²) in [5.41, 5.74) is 1.53. The van der Waals surface area contributed by atoms with E-state index in [1.54, 1.807) is 7.11 Å². The first kappa shape index (κ1) is 14.2. The summed E-state index contributed by atoms with van der Waals surface area (Å²) in [7, 11) is 1.60. The highest BCUT2D eigenvalue weighted by atomic mass is 16.5. The molecule has 0 radical (unpaired) electrons. The van der Waals surface area contributed by atoms with E-state index in [0.717, 1.165) is 6.42 Å². The minimum absolute atomic E-state index is 0.277. The quantitative estimate of drug-likeness (QED) is 0.413. The highest BCUT2D eigenvalue weighted by Gasteiger charge is 2.23. The predicted octanol–water partition coefficient (Wildman–Crippen LogP) is 4.03. The molecule has 0 aromatic carbocycles. The van der Waals surface area contributed by atoms with Crippen LogP contribution < -0.4 is 0 Å². The molecule has 1 fully saturated rings. The Morgan fingerprint density at radius 1 is 1.24 bits per heavy atom. The van der Waals surface area contributed by atoms with Crippen molar-refractivity contribution in [3.8, 4) is 0 Å². The van der Waals surface area contributed by atoms with Crippen LogP contribution in [0.1, 0.15) is 59.3 Å². The maximum Gasteiger partial charge on any atom is 0.194 e. The number of nitrogens with zero attached hydrogens (tertiary/aromatic N) is 2. The Labute approximate surface area is 105 Å². The molecule has 17 heavy (non-hydrogen) atoms. The summed E-state index contributed by atoms with van der Waals surface area (Å²) in [6.07, 6.45) is 9.03. The Morgan fingerprint density at radius 3 is 2.41 bits per heavy atom. The van der Waals surface area contributed by atoms with E-state index >= 15 is 0 Å². The summed E-state index contributed by atoms with van der Waals surface area (Å²) in [6, 6.07) is 0. The zero-order valence-electron chi connectivity index (χ0n) is 11.7. The van der Waals surface area contributed by atoms with Crippen molar-refractivity contribution in [3.05, 3.63) is 0 Å². The average Bonchev–Trinajstić information content (AvgIpc) is 2.28. The van der Waals surface area contributed by atoms with Crippen molar-refractivity contribution in [1.82, 2.24) is 0 Å². The fourth-order valence-electron chi connectivity index (χ4n) is 2.39. The molecule has 0 aromatic rings. The van der Waals surface area contributed by atoms with Gasteiger partial charge >= 0.3 is 0 Å². The van der Waals surface area contributed by atoms with Gasteiger partial charge in [-0.25, -0.2) is 0 Å². The molecule has 0 bridgehead atoms. The van der Waals surface area contributed by atoms with Gasteiger partial charge in [0.1, 0.15) is 0 Å². The van der Waals surface area contributed by atoms with Crippen LogP contribution in [0.25, 0.3) is 0 Å². The fraction of sp³-hybridized carbons (Fsp3) is 0.857. The average molecular weight is 238 g/mol. The Kier molecular flexibility index (Phi) is 5.66. The highest BCUT2D eigenvalue weighted by Crippen LogP contribution is 2.30. The van der Waals surface area contributed by atoms with Crippen molar-refractivity contribution in [3.63, 3.8) is 0 Å². The molecule has 0 atom stereocenters. The van der Waals surface area contributed by atoms with Crippen LogP contribution in [-0.2, 0) is 4.74 Å². The minimum atomic E-state index is 0.277. The van der Waals surface area contributed by atoms with Gasteiger partial charge in [0.05, 0.1) is 7.11 Å². The summed E-state index contributed by atoms with van der Waals surface area (Å²) in [6.45, 7) is 6.77. The van der Waals surface area contributed by atoms with E-state index < -0.39 is 0 Å². The Hall–Kier alpha value is -0.860. The van der Waals surface area contributed by atoms with Crippen LogP contribution >= 0.6 is 0 Å². The van der Waals surface area contributed by atoms with Crippen molar-refractivity contribution < 1.29 is 4.74 Å². The number of hydrogen-bond acceptors (Lipinski definition) is 3. The molecule has 3 heteroatoms. The third-order valence-electron chi connectivity index (χ3n) is 3.13. The van der Waals surface area contributed by atoms with Gasteiger partial charge in [-0.1, -0.05) is 40.0 Å². The van der Waals surface area contributed by atoms with Gasteiger partial charge in [0.25, 0.3) is 0 Å². The summed E-state index contributed by atoms with van der Waals surface area (Å²) >= 11 is 0. The molecule has 0 saturated heterocycles. The normalized spacial score (nSPS) is 19.9. The van der Waals surface area contributed by atoms with Gasteiger partial charge in [-0.05, 0) is 30.6 Å². The molecule has 0 spiro atoms. The summed E-state index contributed by atoms with van der Waals surface area (Å²) in [5, 5.41) is 8.37. The van der Waals surface area contributed by atoms with Crippen molar-refractivity contribution in [2.24, 2.45) is 21.5 Å². The first-order chi connectivity index (χ1) is 8.03. The molecule has 0 heterocycles. The number of rotatable bonds is 4. The van der Waals surface area contributed by atoms with Gasteiger partial charge in [-0.15, -0.1) is 5.10 Å². The SMILES string of the molecule is CO/C=N\N=C(/CC(C)(C)C)C1CCCCC1. The molecule has 1 saturated carbocycles. The molecule has 0 unspecified atom stereocenters. The third-order valence-corrected chi connectivity index (χ3v) is 3.13. The Bertz CT molecular complexity index is 270. The molecule has 1 aliphatic carbocycles. The van der Waals surface area contributed by atoms with E-state index in [9.17, 15) is 0 Å². The van der Waals surface area contributed by atoms with E-state index in [1.807, 2.05) is 0 Å². The molecule has 0 N–H and O–H groups in total. The molecule has 1 rings (SSSR count). The van der Waals surface area contributed by atoms with Crippen molar-refractivity contribution >= 4 is 12.1 Å². The molecule has 0 amide bonds. The monoisotopic (exact) mass is 238 g/mol. The van der Waals surface area contributed by atoms with Crippen LogP contribution in [0.3, 0.4) is 0 Å². The maximum absolute atomic E-state index is 4.81. The maximum atomic E-state index is 4.81.